The minimum Gasteiger partial charge on any atom is -0.456 e. The van der Waals surface area contributed by atoms with Gasteiger partial charge in [-0.1, -0.05) is 62.7 Å². The standard InChI is InChI=1S/C31H30NO/c1-18-13-21(17-31(3,4)5)24-16-27-29-23(25(24)14-18)11-12-32(6)30(29)28-19(2)22-10-8-7-9-20(22)15-26(28)33-27/h7-16H,17H2,1-6H3/q+1. The molecule has 0 unspecified atom stereocenters. The molecule has 2 heteroatoms. The average molecular weight is 433 g/mol. The van der Waals surface area contributed by atoms with E-state index in [2.05, 4.69) is 107 Å². The van der Waals surface area contributed by atoms with Crippen LogP contribution >= 0.6 is 0 Å². The normalized spacial score (nSPS) is 12.9. The molecule has 33 heavy (non-hydrogen) atoms. The number of nitrogens with zero attached hydrogens (tertiary/aromatic N) is 1. The van der Waals surface area contributed by atoms with Gasteiger partial charge in [0, 0.05) is 11.5 Å². The van der Waals surface area contributed by atoms with Crippen LogP contribution in [0.1, 0.15) is 37.5 Å². The first-order valence-corrected chi connectivity index (χ1v) is 11.8. The van der Waals surface area contributed by atoms with Crippen LogP contribution in [0.2, 0.25) is 0 Å². The minimum absolute atomic E-state index is 0.213. The summed E-state index contributed by atoms with van der Waals surface area (Å²) in [5.74, 6) is 1.91. The topological polar surface area (TPSA) is 13.1 Å². The maximum atomic E-state index is 6.70. The Kier molecular flexibility index (Phi) is 4.17. The number of fused-ring (bicyclic) bond motifs is 5. The zero-order valence-electron chi connectivity index (χ0n) is 20.3. The van der Waals surface area contributed by atoms with Crippen LogP contribution in [0.25, 0.3) is 43.6 Å². The van der Waals surface area contributed by atoms with Crippen LogP contribution in [-0.2, 0) is 13.5 Å². The lowest BCUT2D eigenvalue weighted by atomic mass is 9.84. The van der Waals surface area contributed by atoms with Gasteiger partial charge in [-0.15, -0.1) is 0 Å². The molecule has 5 aromatic rings. The van der Waals surface area contributed by atoms with E-state index in [4.69, 9.17) is 4.74 Å². The Balaban J connectivity index is 1.76. The van der Waals surface area contributed by atoms with E-state index in [0.29, 0.717) is 0 Å². The molecule has 6 rings (SSSR count). The highest BCUT2D eigenvalue weighted by Gasteiger charge is 2.31. The fourth-order valence-electron chi connectivity index (χ4n) is 5.68. The lowest BCUT2D eigenvalue weighted by molar-refractivity contribution is -0.659. The van der Waals surface area contributed by atoms with Crippen molar-refractivity contribution in [2.75, 3.05) is 0 Å². The molecule has 0 radical (unpaired) electrons. The van der Waals surface area contributed by atoms with Crippen molar-refractivity contribution in [2.45, 2.75) is 41.0 Å². The second-order valence-electron chi connectivity index (χ2n) is 10.9. The van der Waals surface area contributed by atoms with Crippen LogP contribution in [0.15, 0.2) is 60.8 Å². The maximum Gasteiger partial charge on any atom is 0.228 e. The summed E-state index contributed by atoms with van der Waals surface area (Å²) in [7, 11) is 2.15. The lowest BCUT2D eigenvalue weighted by Gasteiger charge is -2.24. The molecule has 2 heterocycles. The number of aryl methyl sites for hydroxylation is 3. The number of hydrogen-bond acceptors (Lipinski definition) is 1. The first kappa shape index (κ1) is 20.2. The van der Waals surface area contributed by atoms with Gasteiger partial charge in [0.05, 0.1) is 10.9 Å². The molecule has 0 aliphatic carbocycles. The van der Waals surface area contributed by atoms with E-state index in [9.17, 15) is 0 Å². The Morgan fingerprint density at radius 2 is 1.61 bits per heavy atom. The summed E-state index contributed by atoms with van der Waals surface area (Å²) >= 11 is 0. The van der Waals surface area contributed by atoms with Gasteiger partial charge in [0.15, 0.2) is 6.20 Å². The monoisotopic (exact) mass is 432 g/mol. The summed E-state index contributed by atoms with van der Waals surface area (Å²) in [5.41, 5.74) is 6.64. The number of rotatable bonds is 1. The Labute approximate surface area is 195 Å². The zero-order valence-corrected chi connectivity index (χ0v) is 20.3. The van der Waals surface area contributed by atoms with Crippen molar-refractivity contribution in [3.8, 4) is 22.8 Å². The Morgan fingerprint density at radius 1 is 0.818 bits per heavy atom. The van der Waals surface area contributed by atoms with Crippen LogP contribution in [0, 0.1) is 19.3 Å². The van der Waals surface area contributed by atoms with Gasteiger partial charge in [-0.3, -0.25) is 0 Å². The lowest BCUT2D eigenvalue weighted by Crippen LogP contribution is -2.31. The summed E-state index contributed by atoms with van der Waals surface area (Å²) in [6.07, 6.45) is 3.24. The SMILES string of the molecule is Cc1cc(CC(C)(C)C)c2cc3c4c([n+](C)ccc4c2c1)-c1c(cc2ccccc2c1C)O3. The fourth-order valence-corrected chi connectivity index (χ4v) is 5.68. The molecule has 164 valence electrons. The smallest absolute Gasteiger partial charge is 0.228 e. The van der Waals surface area contributed by atoms with Crippen LogP contribution < -0.4 is 9.30 Å². The number of benzene rings is 4. The molecule has 0 saturated carbocycles. The van der Waals surface area contributed by atoms with Gasteiger partial charge < -0.3 is 4.74 Å². The molecule has 0 fully saturated rings. The molecule has 2 nitrogen and oxygen atoms in total. The molecule has 0 bridgehead atoms. The van der Waals surface area contributed by atoms with Crippen molar-refractivity contribution >= 4 is 32.3 Å². The first-order valence-electron chi connectivity index (χ1n) is 11.8. The van der Waals surface area contributed by atoms with Crippen molar-refractivity contribution in [1.82, 2.24) is 0 Å². The molecule has 0 N–H and O–H groups in total. The summed E-state index contributed by atoms with van der Waals surface area (Å²) < 4.78 is 8.96. The van der Waals surface area contributed by atoms with E-state index in [1.165, 1.54) is 60.3 Å². The molecule has 1 aliphatic rings. The molecular weight excluding hydrogens is 402 g/mol. The van der Waals surface area contributed by atoms with Crippen molar-refractivity contribution < 1.29 is 9.30 Å². The molecular formula is C31H30NO+. The molecule has 0 amide bonds. The van der Waals surface area contributed by atoms with Gasteiger partial charge in [-0.25, -0.2) is 4.57 Å². The number of ether oxygens (including phenoxy) is 1. The highest BCUT2D eigenvalue weighted by Crippen LogP contribution is 2.50. The number of aromatic nitrogens is 1. The first-order chi connectivity index (χ1) is 15.7. The van der Waals surface area contributed by atoms with Gasteiger partial charge >= 0.3 is 0 Å². The quantitative estimate of drug-likeness (QED) is 0.190. The summed E-state index contributed by atoms with van der Waals surface area (Å²) in [5, 5.41) is 7.61. The highest BCUT2D eigenvalue weighted by molar-refractivity contribution is 6.16. The summed E-state index contributed by atoms with van der Waals surface area (Å²) in [6.45, 7) is 11.4. The van der Waals surface area contributed by atoms with E-state index in [0.717, 1.165) is 17.9 Å². The average Bonchev–Trinajstić information content (AvgIpc) is 2.74. The third-order valence-electron chi connectivity index (χ3n) is 7.00. The van der Waals surface area contributed by atoms with Gasteiger partial charge in [0.1, 0.15) is 18.5 Å². The van der Waals surface area contributed by atoms with Crippen LogP contribution in [-0.4, -0.2) is 0 Å². The van der Waals surface area contributed by atoms with Crippen molar-refractivity contribution in [2.24, 2.45) is 12.5 Å². The maximum absolute atomic E-state index is 6.70. The van der Waals surface area contributed by atoms with E-state index >= 15 is 0 Å². The van der Waals surface area contributed by atoms with E-state index in [1.807, 2.05) is 0 Å². The minimum atomic E-state index is 0.213. The predicted molar refractivity (Wildman–Crippen MR) is 138 cm³/mol. The molecule has 0 saturated heterocycles. The highest BCUT2D eigenvalue weighted by atomic mass is 16.5. The van der Waals surface area contributed by atoms with Gasteiger partial charge in [-0.05, 0) is 70.5 Å². The van der Waals surface area contributed by atoms with E-state index in [1.54, 1.807) is 0 Å². The van der Waals surface area contributed by atoms with Crippen molar-refractivity contribution in [3.05, 3.63) is 77.5 Å². The Bertz CT molecular complexity index is 1620. The van der Waals surface area contributed by atoms with Crippen LogP contribution in [0.4, 0.5) is 0 Å². The molecule has 1 aliphatic heterocycles. The summed E-state index contributed by atoms with van der Waals surface area (Å²) in [4.78, 5) is 0. The second kappa shape index (κ2) is 6.81. The zero-order chi connectivity index (χ0) is 23.1. The van der Waals surface area contributed by atoms with Crippen LogP contribution in [0.3, 0.4) is 0 Å². The van der Waals surface area contributed by atoms with Gasteiger partial charge in [0.2, 0.25) is 5.69 Å². The Morgan fingerprint density at radius 3 is 2.39 bits per heavy atom. The van der Waals surface area contributed by atoms with Gasteiger partial charge in [-0.2, -0.15) is 0 Å². The molecule has 1 aromatic heterocycles. The van der Waals surface area contributed by atoms with Crippen LogP contribution in [0.5, 0.6) is 11.5 Å². The fraction of sp³-hybridized carbons (Fsp3) is 0.258. The Hall–Kier alpha value is -3.39. The number of hydrogen-bond donors (Lipinski definition) is 0. The number of pyridine rings is 1. The van der Waals surface area contributed by atoms with E-state index in [-0.39, 0.29) is 5.41 Å². The molecule has 0 spiro atoms. The van der Waals surface area contributed by atoms with Gasteiger partial charge in [0.25, 0.3) is 0 Å². The van der Waals surface area contributed by atoms with E-state index < -0.39 is 0 Å². The molecule has 0 atom stereocenters. The predicted octanol–water partition coefficient (Wildman–Crippen LogP) is 7.95. The summed E-state index contributed by atoms with van der Waals surface area (Å²) in [6, 6.07) is 20.0. The molecule has 4 aromatic carbocycles. The van der Waals surface area contributed by atoms with Crippen molar-refractivity contribution in [1.29, 1.82) is 0 Å². The largest absolute Gasteiger partial charge is 0.456 e. The van der Waals surface area contributed by atoms with Crippen molar-refractivity contribution in [3.63, 3.8) is 0 Å². The third-order valence-corrected chi connectivity index (χ3v) is 7.00. The third kappa shape index (κ3) is 3.04. The second-order valence-corrected chi connectivity index (χ2v) is 10.9.